The number of hydrogen-bond donors (Lipinski definition) is 2. The Labute approximate surface area is 164 Å². The molecule has 6 heteroatoms. The minimum atomic E-state index is -0.486. The second kappa shape index (κ2) is 11.4. The van der Waals surface area contributed by atoms with Crippen LogP contribution in [0, 0.1) is 6.92 Å². The van der Waals surface area contributed by atoms with E-state index < -0.39 is 6.10 Å². The summed E-state index contributed by atoms with van der Waals surface area (Å²) in [7, 11) is 0. The van der Waals surface area contributed by atoms with E-state index in [1.165, 1.54) is 5.56 Å². The standard InChI is InChI=1S/C20H33N3O2.ClH/c1-15(2)18-7-6-16(3)19(14-18)25-17(4)20(24)22-8-5-11-23-12-9-21-10-13-23;/h6-7,14-15,17,21H,5,8-13H2,1-4H3,(H,22,24);1H. The zero-order valence-corrected chi connectivity index (χ0v) is 17.3. The summed E-state index contributed by atoms with van der Waals surface area (Å²) in [5.41, 5.74) is 2.28. The number of hydrogen-bond acceptors (Lipinski definition) is 4. The Bertz CT molecular complexity index is 560. The third-order valence-electron chi connectivity index (χ3n) is 4.71. The maximum atomic E-state index is 12.3. The maximum absolute atomic E-state index is 12.3. The van der Waals surface area contributed by atoms with Gasteiger partial charge in [-0.2, -0.15) is 0 Å². The Morgan fingerprint density at radius 1 is 1.27 bits per heavy atom. The molecule has 1 saturated heterocycles. The Hall–Kier alpha value is -1.30. The number of amides is 1. The van der Waals surface area contributed by atoms with Crippen LogP contribution in [0.15, 0.2) is 18.2 Å². The molecule has 0 radical (unpaired) electrons. The van der Waals surface area contributed by atoms with Gasteiger partial charge in [-0.3, -0.25) is 4.79 Å². The monoisotopic (exact) mass is 383 g/mol. The van der Waals surface area contributed by atoms with Gasteiger partial charge in [-0.05, 0) is 49.9 Å². The van der Waals surface area contributed by atoms with Crippen molar-refractivity contribution < 1.29 is 9.53 Å². The molecule has 0 aliphatic carbocycles. The van der Waals surface area contributed by atoms with Crippen molar-refractivity contribution >= 4 is 18.3 Å². The Balaban J connectivity index is 0.00000338. The number of piperazine rings is 1. The Kier molecular flexibility index (Phi) is 9.99. The number of nitrogens with zero attached hydrogens (tertiary/aromatic N) is 1. The molecular weight excluding hydrogens is 350 g/mol. The molecule has 0 aromatic heterocycles. The molecule has 1 atom stereocenters. The van der Waals surface area contributed by atoms with Crippen LogP contribution in [0.4, 0.5) is 0 Å². The van der Waals surface area contributed by atoms with Crippen molar-refractivity contribution in [2.24, 2.45) is 0 Å². The first kappa shape index (κ1) is 22.7. The molecular formula is C20H34ClN3O2. The van der Waals surface area contributed by atoms with Crippen molar-refractivity contribution in [2.75, 3.05) is 39.3 Å². The zero-order valence-electron chi connectivity index (χ0n) is 16.5. The van der Waals surface area contributed by atoms with E-state index in [4.69, 9.17) is 4.74 Å². The van der Waals surface area contributed by atoms with Crippen molar-refractivity contribution in [3.05, 3.63) is 29.3 Å². The smallest absolute Gasteiger partial charge is 0.260 e. The van der Waals surface area contributed by atoms with Crippen molar-refractivity contribution in [1.29, 1.82) is 0 Å². The number of ether oxygens (including phenoxy) is 1. The SMILES string of the molecule is Cc1ccc(C(C)C)cc1OC(C)C(=O)NCCCN1CCNCC1.Cl. The Morgan fingerprint density at radius 3 is 2.62 bits per heavy atom. The van der Waals surface area contributed by atoms with E-state index >= 15 is 0 Å². The third-order valence-corrected chi connectivity index (χ3v) is 4.71. The first-order chi connectivity index (χ1) is 12.0. The minimum absolute atomic E-state index is 0. The summed E-state index contributed by atoms with van der Waals surface area (Å²) in [4.78, 5) is 14.7. The molecule has 1 aliphatic rings. The number of carbonyl (C=O) groups excluding carboxylic acids is 1. The van der Waals surface area contributed by atoms with E-state index in [2.05, 4.69) is 41.5 Å². The van der Waals surface area contributed by atoms with Crippen LogP contribution in [0.1, 0.15) is 44.2 Å². The molecule has 1 unspecified atom stereocenters. The average molecular weight is 384 g/mol. The highest BCUT2D eigenvalue weighted by Gasteiger charge is 2.16. The molecule has 0 spiro atoms. The van der Waals surface area contributed by atoms with Crippen LogP contribution in [-0.2, 0) is 4.79 Å². The quantitative estimate of drug-likeness (QED) is 0.678. The van der Waals surface area contributed by atoms with E-state index in [1.807, 2.05) is 19.9 Å². The molecule has 1 fully saturated rings. The lowest BCUT2D eigenvalue weighted by molar-refractivity contribution is -0.127. The molecule has 5 nitrogen and oxygen atoms in total. The molecule has 26 heavy (non-hydrogen) atoms. The molecule has 148 valence electrons. The summed E-state index contributed by atoms with van der Waals surface area (Å²) in [6.45, 7) is 14.2. The van der Waals surface area contributed by atoms with Crippen LogP contribution in [0.5, 0.6) is 5.75 Å². The highest BCUT2D eigenvalue weighted by molar-refractivity contribution is 5.85. The summed E-state index contributed by atoms with van der Waals surface area (Å²) in [5.74, 6) is 1.20. The first-order valence-electron chi connectivity index (χ1n) is 9.45. The summed E-state index contributed by atoms with van der Waals surface area (Å²) < 4.78 is 5.91. The Morgan fingerprint density at radius 2 is 1.96 bits per heavy atom. The van der Waals surface area contributed by atoms with Crippen molar-refractivity contribution in [2.45, 2.75) is 46.1 Å². The van der Waals surface area contributed by atoms with Crippen LogP contribution in [0.25, 0.3) is 0 Å². The van der Waals surface area contributed by atoms with Crippen molar-refractivity contribution in [3.8, 4) is 5.75 Å². The van der Waals surface area contributed by atoms with Gasteiger partial charge in [0.25, 0.3) is 5.91 Å². The lowest BCUT2D eigenvalue weighted by Gasteiger charge is -2.27. The fourth-order valence-corrected chi connectivity index (χ4v) is 2.94. The van der Waals surface area contributed by atoms with E-state index in [-0.39, 0.29) is 18.3 Å². The number of halogens is 1. The lowest BCUT2D eigenvalue weighted by Crippen LogP contribution is -2.44. The van der Waals surface area contributed by atoms with Gasteiger partial charge >= 0.3 is 0 Å². The summed E-state index contributed by atoms with van der Waals surface area (Å²) in [6, 6.07) is 6.23. The van der Waals surface area contributed by atoms with Crippen molar-refractivity contribution in [3.63, 3.8) is 0 Å². The van der Waals surface area contributed by atoms with E-state index in [1.54, 1.807) is 0 Å². The van der Waals surface area contributed by atoms with Crippen LogP contribution in [-0.4, -0.2) is 56.2 Å². The molecule has 2 N–H and O–H groups in total. The fourth-order valence-electron chi connectivity index (χ4n) is 2.94. The fraction of sp³-hybridized carbons (Fsp3) is 0.650. The largest absolute Gasteiger partial charge is 0.481 e. The number of benzene rings is 1. The predicted molar refractivity (Wildman–Crippen MR) is 110 cm³/mol. The van der Waals surface area contributed by atoms with Gasteiger partial charge in [-0.1, -0.05) is 26.0 Å². The van der Waals surface area contributed by atoms with E-state index in [9.17, 15) is 4.79 Å². The van der Waals surface area contributed by atoms with Gasteiger partial charge in [0.1, 0.15) is 5.75 Å². The summed E-state index contributed by atoms with van der Waals surface area (Å²) in [5, 5.41) is 6.34. The number of carbonyl (C=O) groups is 1. The molecule has 1 aromatic carbocycles. The van der Waals surface area contributed by atoms with Gasteiger partial charge in [0.15, 0.2) is 6.10 Å². The number of aryl methyl sites for hydroxylation is 1. The van der Waals surface area contributed by atoms with Gasteiger partial charge in [0.2, 0.25) is 0 Å². The molecule has 1 aromatic rings. The zero-order chi connectivity index (χ0) is 18.2. The molecule has 0 bridgehead atoms. The molecule has 1 amide bonds. The van der Waals surface area contributed by atoms with Gasteiger partial charge < -0.3 is 20.3 Å². The second-order valence-corrected chi connectivity index (χ2v) is 7.18. The van der Waals surface area contributed by atoms with E-state index in [0.717, 1.165) is 50.5 Å². The second-order valence-electron chi connectivity index (χ2n) is 7.18. The van der Waals surface area contributed by atoms with Crippen LogP contribution in [0.2, 0.25) is 0 Å². The summed E-state index contributed by atoms with van der Waals surface area (Å²) in [6.07, 6.45) is 0.487. The molecule has 2 rings (SSSR count). The van der Waals surface area contributed by atoms with Gasteiger partial charge in [0.05, 0.1) is 0 Å². The summed E-state index contributed by atoms with van der Waals surface area (Å²) >= 11 is 0. The van der Waals surface area contributed by atoms with E-state index in [0.29, 0.717) is 12.5 Å². The maximum Gasteiger partial charge on any atom is 0.260 e. The third kappa shape index (κ3) is 7.14. The van der Waals surface area contributed by atoms with Crippen molar-refractivity contribution in [1.82, 2.24) is 15.5 Å². The lowest BCUT2D eigenvalue weighted by atomic mass is 10.0. The average Bonchev–Trinajstić information content (AvgIpc) is 2.61. The number of rotatable bonds is 8. The molecule has 0 saturated carbocycles. The van der Waals surface area contributed by atoms with Crippen LogP contribution in [0.3, 0.4) is 0 Å². The topological polar surface area (TPSA) is 53.6 Å². The predicted octanol–water partition coefficient (Wildman–Crippen LogP) is 2.72. The van der Waals surface area contributed by atoms with Crippen LogP contribution >= 0.6 is 12.4 Å². The van der Waals surface area contributed by atoms with Gasteiger partial charge in [-0.15, -0.1) is 12.4 Å². The molecule has 1 aliphatic heterocycles. The minimum Gasteiger partial charge on any atom is -0.481 e. The normalized spacial score (nSPS) is 16.0. The van der Waals surface area contributed by atoms with Crippen LogP contribution < -0.4 is 15.4 Å². The highest BCUT2D eigenvalue weighted by Crippen LogP contribution is 2.25. The number of nitrogens with one attached hydrogen (secondary N) is 2. The highest BCUT2D eigenvalue weighted by atomic mass is 35.5. The van der Waals surface area contributed by atoms with Gasteiger partial charge in [-0.25, -0.2) is 0 Å². The first-order valence-corrected chi connectivity index (χ1v) is 9.45. The molecule has 1 heterocycles. The van der Waals surface area contributed by atoms with Gasteiger partial charge in [0, 0.05) is 32.7 Å².